The largest absolute Gasteiger partial charge is 0.494 e. The van der Waals surface area contributed by atoms with Crippen molar-refractivity contribution in [3.8, 4) is 11.5 Å². The summed E-state index contributed by atoms with van der Waals surface area (Å²) < 4.78 is 23.8. The van der Waals surface area contributed by atoms with Crippen LogP contribution in [0.25, 0.3) is 0 Å². The third kappa shape index (κ3) is 5.20. The molecule has 0 spiro atoms. The summed E-state index contributed by atoms with van der Waals surface area (Å²) in [4.78, 5) is 23.5. The smallest absolute Gasteiger partial charge is 0.257 e. The van der Waals surface area contributed by atoms with Gasteiger partial charge >= 0.3 is 0 Å². The number of carbonyl (C=O) groups excluding carboxylic acids is 2. The molecule has 2 N–H and O–H groups in total. The molecule has 0 aliphatic rings. The maximum Gasteiger partial charge on any atom is 0.257 e. The maximum absolute atomic E-state index is 13.7. The Hall–Kier alpha value is -3.09. The number of amides is 2. The van der Waals surface area contributed by atoms with Crippen LogP contribution in [0.1, 0.15) is 17.3 Å². The first-order valence-electron chi connectivity index (χ1n) is 7.68. The molecule has 0 aliphatic heterocycles. The fourth-order valence-electron chi connectivity index (χ4n) is 2.04. The van der Waals surface area contributed by atoms with Crippen molar-refractivity contribution in [1.29, 1.82) is 0 Å². The van der Waals surface area contributed by atoms with Crippen LogP contribution in [0.3, 0.4) is 0 Å². The minimum Gasteiger partial charge on any atom is -0.494 e. The van der Waals surface area contributed by atoms with Gasteiger partial charge in [0.15, 0.2) is 18.2 Å². The van der Waals surface area contributed by atoms with Crippen molar-refractivity contribution in [2.24, 2.45) is 0 Å². The van der Waals surface area contributed by atoms with Gasteiger partial charge in [0, 0.05) is 17.8 Å². The maximum atomic E-state index is 13.7. The first-order chi connectivity index (χ1) is 12.0. The van der Waals surface area contributed by atoms with Crippen LogP contribution >= 0.6 is 0 Å². The number of carbonyl (C=O) groups is 2. The summed E-state index contributed by atoms with van der Waals surface area (Å²) in [6, 6.07) is 10.5. The highest BCUT2D eigenvalue weighted by Gasteiger charge is 2.10. The number of rotatable bonds is 7. The van der Waals surface area contributed by atoms with Crippen LogP contribution in [0.15, 0.2) is 42.5 Å². The average molecular weight is 346 g/mol. The zero-order valence-electron chi connectivity index (χ0n) is 14.0. The SMILES string of the molecule is CCNC(=O)COc1ccc(NC(=O)c2ccc(OC)c(F)c2)cc1. The topological polar surface area (TPSA) is 76.7 Å². The van der Waals surface area contributed by atoms with Crippen LogP contribution in [0.2, 0.25) is 0 Å². The normalized spacial score (nSPS) is 10.0. The molecule has 2 aromatic rings. The van der Waals surface area contributed by atoms with Gasteiger partial charge in [0.25, 0.3) is 11.8 Å². The molecule has 2 amide bonds. The number of ether oxygens (including phenoxy) is 2. The van der Waals surface area contributed by atoms with Gasteiger partial charge < -0.3 is 20.1 Å². The minimum absolute atomic E-state index is 0.0742. The molecule has 0 unspecified atom stereocenters. The standard InChI is InChI=1S/C18H19FN2O4/c1-3-20-17(22)11-25-14-7-5-13(6-8-14)21-18(23)12-4-9-16(24-2)15(19)10-12/h4-10H,3,11H2,1-2H3,(H,20,22)(H,21,23). The molecule has 0 saturated heterocycles. The Labute approximate surface area is 144 Å². The molecule has 0 atom stereocenters. The highest BCUT2D eigenvalue weighted by Crippen LogP contribution is 2.20. The van der Waals surface area contributed by atoms with E-state index in [-0.39, 0.29) is 23.8 Å². The summed E-state index contributed by atoms with van der Waals surface area (Å²) in [7, 11) is 1.35. The lowest BCUT2D eigenvalue weighted by atomic mass is 10.2. The van der Waals surface area contributed by atoms with E-state index in [1.807, 2.05) is 6.92 Å². The van der Waals surface area contributed by atoms with Gasteiger partial charge in [0.05, 0.1) is 7.11 Å². The molecule has 0 heterocycles. The van der Waals surface area contributed by atoms with Crippen LogP contribution in [-0.2, 0) is 4.79 Å². The summed E-state index contributed by atoms with van der Waals surface area (Å²) in [5.74, 6) is -0.687. The van der Waals surface area contributed by atoms with E-state index in [9.17, 15) is 14.0 Å². The molecule has 25 heavy (non-hydrogen) atoms. The Morgan fingerprint density at radius 2 is 1.84 bits per heavy atom. The number of hydrogen-bond donors (Lipinski definition) is 2. The molecule has 0 bridgehead atoms. The number of hydrogen-bond acceptors (Lipinski definition) is 4. The molecular formula is C18H19FN2O4. The fourth-order valence-corrected chi connectivity index (χ4v) is 2.04. The van der Waals surface area contributed by atoms with Gasteiger partial charge in [-0.25, -0.2) is 4.39 Å². The number of methoxy groups -OCH3 is 1. The Balaban J connectivity index is 1.95. The summed E-state index contributed by atoms with van der Waals surface area (Å²) in [5, 5.41) is 5.28. The van der Waals surface area contributed by atoms with E-state index in [0.29, 0.717) is 18.0 Å². The van der Waals surface area contributed by atoms with Gasteiger partial charge in [0.2, 0.25) is 0 Å². The van der Waals surface area contributed by atoms with Crippen molar-refractivity contribution in [2.75, 3.05) is 25.6 Å². The third-order valence-electron chi connectivity index (χ3n) is 3.27. The third-order valence-corrected chi connectivity index (χ3v) is 3.27. The highest BCUT2D eigenvalue weighted by molar-refractivity contribution is 6.04. The van der Waals surface area contributed by atoms with Crippen molar-refractivity contribution >= 4 is 17.5 Å². The Kier molecular flexibility index (Phi) is 6.33. The minimum atomic E-state index is -0.607. The van der Waals surface area contributed by atoms with E-state index < -0.39 is 11.7 Å². The lowest BCUT2D eigenvalue weighted by molar-refractivity contribution is -0.122. The van der Waals surface area contributed by atoms with E-state index in [1.165, 1.54) is 19.2 Å². The van der Waals surface area contributed by atoms with Crippen molar-refractivity contribution in [3.05, 3.63) is 53.8 Å². The van der Waals surface area contributed by atoms with Crippen molar-refractivity contribution in [2.45, 2.75) is 6.92 Å². The summed E-state index contributed by atoms with van der Waals surface area (Å²) in [6.45, 7) is 2.29. The molecular weight excluding hydrogens is 327 g/mol. The quantitative estimate of drug-likeness (QED) is 0.808. The Bertz CT molecular complexity index is 747. The van der Waals surface area contributed by atoms with E-state index in [2.05, 4.69) is 10.6 Å². The zero-order valence-corrected chi connectivity index (χ0v) is 14.0. The lowest BCUT2D eigenvalue weighted by Crippen LogP contribution is -2.28. The van der Waals surface area contributed by atoms with E-state index >= 15 is 0 Å². The van der Waals surface area contributed by atoms with Gasteiger partial charge in [0.1, 0.15) is 5.75 Å². The molecule has 0 aliphatic carbocycles. The molecule has 0 fully saturated rings. The molecule has 6 nitrogen and oxygen atoms in total. The molecule has 7 heteroatoms. The molecule has 0 saturated carbocycles. The number of halogens is 1. The molecule has 2 aromatic carbocycles. The second-order valence-electron chi connectivity index (χ2n) is 5.07. The second kappa shape index (κ2) is 8.68. The number of benzene rings is 2. The van der Waals surface area contributed by atoms with Crippen LogP contribution in [0.5, 0.6) is 11.5 Å². The van der Waals surface area contributed by atoms with Crippen LogP contribution in [0.4, 0.5) is 10.1 Å². The van der Waals surface area contributed by atoms with Crippen molar-refractivity contribution in [3.63, 3.8) is 0 Å². The molecule has 132 valence electrons. The predicted molar refractivity (Wildman–Crippen MR) is 91.5 cm³/mol. The van der Waals surface area contributed by atoms with Gasteiger partial charge in [-0.1, -0.05) is 0 Å². The summed E-state index contributed by atoms with van der Waals surface area (Å²) in [5.41, 5.74) is 0.696. The van der Waals surface area contributed by atoms with E-state index in [4.69, 9.17) is 9.47 Å². The summed E-state index contributed by atoms with van der Waals surface area (Å²) in [6.07, 6.45) is 0. The van der Waals surface area contributed by atoms with Gasteiger partial charge in [-0.3, -0.25) is 9.59 Å². The molecule has 0 aromatic heterocycles. The van der Waals surface area contributed by atoms with Gasteiger partial charge in [-0.15, -0.1) is 0 Å². The molecule has 2 rings (SSSR count). The van der Waals surface area contributed by atoms with Crippen LogP contribution in [0, 0.1) is 5.82 Å². The predicted octanol–water partition coefficient (Wildman–Crippen LogP) is 2.60. The Morgan fingerprint density at radius 3 is 2.44 bits per heavy atom. The first-order valence-corrected chi connectivity index (χ1v) is 7.68. The highest BCUT2D eigenvalue weighted by atomic mass is 19.1. The average Bonchev–Trinajstić information content (AvgIpc) is 2.61. The second-order valence-corrected chi connectivity index (χ2v) is 5.07. The van der Waals surface area contributed by atoms with Gasteiger partial charge in [-0.2, -0.15) is 0 Å². The molecule has 0 radical (unpaired) electrons. The fraction of sp³-hybridized carbons (Fsp3) is 0.222. The summed E-state index contributed by atoms with van der Waals surface area (Å²) >= 11 is 0. The first kappa shape index (κ1) is 18.3. The van der Waals surface area contributed by atoms with Crippen LogP contribution in [-0.4, -0.2) is 32.1 Å². The number of likely N-dealkylation sites (N-methyl/N-ethyl adjacent to an activating group) is 1. The number of nitrogens with one attached hydrogen (secondary N) is 2. The van der Waals surface area contributed by atoms with Crippen molar-refractivity contribution < 1.29 is 23.5 Å². The van der Waals surface area contributed by atoms with Crippen molar-refractivity contribution in [1.82, 2.24) is 5.32 Å². The Morgan fingerprint density at radius 1 is 1.12 bits per heavy atom. The van der Waals surface area contributed by atoms with E-state index in [0.717, 1.165) is 6.07 Å². The number of anilines is 1. The van der Waals surface area contributed by atoms with E-state index in [1.54, 1.807) is 24.3 Å². The van der Waals surface area contributed by atoms with Crippen LogP contribution < -0.4 is 20.1 Å². The van der Waals surface area contributed by atoms with Gasteiger partial charge in [-0.05, 0) is 49.4 Å². The zero-order chi connectivity index (χ0) is 18.2. The lowest BCUT2D eigenvalue weighted by Gasteiger charge is -2.09. The monoisotopic (exact) mass is 346 g/mol.